The second kappa shape index (κ2) is 6.74. The summed E-state index contributed by atoms with van der Waals surface area (Å²) in [5, 5.41) is 3.96. The molecular weight excluding hydrogens is 401 g/mol. The highest BCUT2D eigenvalue weighted by Crippen LogP contribution is 2.26. The fraction of sp³-hybridized carbons (Fsp3) is 0.211. The molecule has 1 heterocycles. The molecule has 0 atom stereocenters. The summed E-state index contributed by atoms with van der Waals surface area (Å²) < 4.78 is 6.67. The zero-order chi connectivity index (χ0) is 16.4. The summed E-state index contributed by atoms with van der Waals surface area (Å²) in [6, 6.07) is 13.9. The Balaban J connectivity index is 1.80. The van der Waals surface area contributed by atoms with Gasteiger partial charge in [-0.1, -0.05) is 26.0 Å². The molecule has 4 heteroatoms. The maximum Gasteiger partial charge on any atom is 0.228 e. The Kier molecular flexibility index (Phi) is 4.71. The van der Waals surface area contributed by atoms with Crippen LogP contribution < -0.4 is 5.32 Å². The second-order valence-electron chi connectivity index (χ2n) is 5.91. The van der Waals surface area contributed by atoms with Crippen molar-refractivity contribution in [2.75, 3.05) is 5.32 Å². The molecule has 0 aliphatic rings. The highest BCUT2D eigenvalue weighted by Gasteiger charge is 2.12. The van der Waals surface area contributed by atoms with Crippen LogP contribution in [0, 0.1) is 3.57 Å². The summed E-state index contributed by atoms with van der Waals surface area (Å²) in [7, 11) is 0. The predicted molar refractivity (Wildman–Crippen MR) is 102 cm³/mol. The number of amides is 1. The topological polar surface area (TPSA) is 42.2 Å². The van der Waals surface area contributed by atoms with E-state index in [-0.39, 0.29) is 5.91 Å². The molecule has 23 heavy (non-hydrogen) atoms. The van der Waals surface area contributed by atoms with Crippen molar-refractivity contribution in [1.82, 2.24) is 0 Å². The molecule has 3 nitrogen and oxygen atoms in total. The molecule has 0 spiro atoms. The lowest BCUT2D eigenvalue weighted by molar-refractivity contribution is -0.115. The number of rotatable bonds is 4. The molecule has 0 fully saturated rings. The van der Waals surface area contributed by atoms with E-state index >= 15 is 0 Å². The summed E-state index contributed by atoms with van der Waals surface area (Å²) in [6.45, 7) is 4.31. The largest absolute Gasteiger partial charge is 0.464 e. The number of furan rings is 1. The quantitative estimate of drug-likeness (QED) is 0.580. The SMILES string of the molecule is CC(C)c1ccc2occ(CC(=O)Nc3cccc(I)c3)c2c1. The number of benzene rings is 2. The molecule has 0 bridgehead atoms. The van der Waals surface area contributed by atoms with Gasteiger partial charge in [0.25, 0.3) is 0 Å². The zero-order valence-electron chi connectivity index (χ0n) is 13.1. The molecular formula is C19H18INO2. The Morgan fingerprint density at radius 1 is 1.22 bits per heavy atom. The summed E-state index contributed by atoms with van der Waals surface area (Å²) in [5.74, 6) is 0.409. The Hall–Kier alpha value is -1.82. The van der Waals surface area contributed by atoms with Crippen LogP contribution in [0.25, 0.3) is 11.0 Å². The lowest BCUT2D eigenvalue weighted by atomic mass is 10.00. The Bertz CT molecular complexity index is 851. The second-order valence-corrected chi connectivity index (χ2v) is 7.15. The smallest absolute Gasteiger partial charge is 0.228 e. The van der Waals surface area contributed by atoms with E-state index in [2.05, 4.69) is 53.9 Å². The average Bonchev–Trinajstić information content (AvgIpc) is 2.89. The minimum atomic E-state index is -0.0374. The zero-order valence-corrected chi connectivity index (χ0v) is 15.3. The van der Waals surface area contributed by atoms with Crippen molar-refractivity contribution in [3.8, 4) is 0 Å². The molecule has 3 rings (SSSR count). The van der Waals surface area contributed by atoms with Crippen LogP contribution in [0.3, 0.4) is 0 Å². The molecule has 1 amide bonds. The lowest BCUT2D eigenvalue weighted by Crippen LogP contribution is -2.14. The van der Waals surface area contributed by atoms with E-state index in [4.69, 9.17) is 4.42 Å². The van der Waals surface area contributed by atoms with Crippen LogP contribution in [-0.4, -0.2) is 5.91 Å². The maximum atomic E-state index is 12.3. The van der Waals surface area contributed by atoms with Crippen LogP contribution in [-0.2, 0) is 11.2 Å². The third-order valence-corrected chi connectivity index (χ3v) is 4.47. The van der Waals surface area contributed by atoms with Crippen LogP contribution >= 0.6 is 22.6 Å². The number of nitrogens with one attached hydrogen (secondary N) is 1. The molecule has 0 saturated heterocycles. The summed E-state index contributed by atoms with van der Waals surface area (Å²) in [4.78, 5) is 12.3. The molecule has 1 aromatic heterocycles. The Morgan fingerprint density at radius 2 is 2.04 bits per heavy atom. The van der Waals surface area contributed by atoms with Gasteiger partial charge < -0.3 is 9.73 Å². The first kappa shape index (κ1) is 16.1. The molecule has 3 aromatic rings. The highest BCUT2D eigenvalue weighted by molar-refractivity contribution is 14.1. The van der Waals surface area contributed by atoms with Gasteiger partial charge in [0.15, 0.2) is 0 Å². The van der Waals surface area contributed by atoms with Gasteiger partial charge in [0.1, 0.15) is 5.58 Å². The van der Waals surface area contributed by atoms with Gasteiger partial charge in [-0.05, 0) is 64.4 Å². The normalized spacial score (nSPS) is 11.1. The van der Waals surface area contributed by atoms with Crippen molar-refractivity contribution in [1.29, 1.82) is 0 Å². The van der Waals surface area contributed by atoms with Crippen LogP contribution in [0.2, 0.25) is 0 Å². The van der Waals surface area contributed by atoms with Gasteiger partial charge in [0, 0.05) is 20.2 Å². The van der Waals surface area contributed by atoms with Crippen LogP contribution in [0.5, 0.6) is 0 Å². The van der Waals surface area contributed by atoms with Crippen LogP contribution in [0.15, 0.2) is 53.1 Å². The number of halogens is 1. The van der Waals surface area contributed by atoms with Crippen molar-refractivity contribution < 1.29 is 9.21 Å². The van der Waals surface area contributed by atoms with Crippen LogP contribution in [0.1, 0.15) is 30.9 Å². The van der Waals surface area contributed by atoms with Gasteiger partial charge in [-0.25, -0.2) is 0 Å². The van der Waals surface area contributed by atoms with E-state index in [0.717, 1.165) is 25.8 Å². The molecule has 0 aliphatic carbocycles. The molecule has 0 saturated carbocycles. The molecule has 118 valence electrons. The van der Waals surface area contributed by atoms with Gasteiger partial charge in [0.05, 0.1) is 12.7 Å². The maximum absolute atomic E-state index is 12.3. The first-order chi connectivity index (χ1) is 11.0. The molecule has 1 N–H and O–H groups in total. The molecule has 0 aliphatic heterocycles. The fourth-order valence-electron chi connectivity index (χ4n) is 2.54. The standard InChI is InChI=1S/C19H18INO2/c1-12(2)13-6-7-18-17(8-13)14(11-23-18)9-19(22)21-16-5-3-4-15(20)10-16/h3-8,10-12H,9H2,1-2H3,(H,21,22). The van der Waals surface area contributed by atoms with E-state index in [0.29, 0.717) is 12.3 Å². The third-order valence-electron chi connectivity index (χ3n) is 3.80. The van der Waals surface area contributed by atoms with E-state index in [9.17, 15) is 4.79 Å². The third kappa shape index (κ3) is 3.75. The molecule has 2 aromatic carbocycles. The first-order valence-electron chi connectivity index (χ1n) is 7.58. The van der Waals surface area contributed by atoms with Crippen molar-refractivity contribution in [3.63, 3.8) is 0 Å². The summed E-state index contributed by atoms with van der Waals surface area (Å²) in [5.41, 5.74) is 3.81. The highest BCUT2D eigenvalue weighted by atomic mass is 127. The van der Waals surface area contributed by atoms with E-state index in [1.807, 2.05) is 30.3 Å². The molecule has 0 unspecified atom stereocenters. The number of carbonyl (C=O) groups is 1. The van der Waals surface area contributed by atoms with E-state index < -0.39 is 0 Å². The number of carbonyl (C=O) groups excluding carboxylic acids is 1. The van der Waals surface area contributed by atoms with Gasteiger partial charge in [-0.15, -0.1) is 0 Å². The number of anilines is 1. The van der Waals surface area contributed by atoms with Gasteiger partial charge in [-0.2, -0.15) is 0 Å². The van der Waals surface area contributed by atoms with Crippen molar-refractivity contribution >= 4 is 45.2 Å². The number of fused-ring (bicyclic) bond motifs is 1. The summed E-state index contributed by atoms with van der Waals surface area (Å²) in [6.07, 6.45) is 1.99. The Morgan fingerprint density at radius 3 is 2.78 bits per heavy atom. The van der Waals surface area contributed by atoms with Crippen molar-refractivity contribution in [2.45, 2.75) is 26.2 Å². The van der Waals surface area contributed by atoms with Gasteiger partial charge in [0.2, 0.25) is 5.91 Å². The predicted octanol–water partition coefficient (Wildman–Crippen LogP) is 5.34. The minimum absolute atomic E-state index is 0.0374. The monoisotopic (exact) mass is 419 g/mol. The van der Waals surface area contributed by atoms with Gasteiger partial charge >= 0.3 is 0 Å². The average molecular weight is 419 g/mol. The van der Waals surface area contributed by atoms with Crippen LogP contribution in [0.4, 0.5) is 5.69 Å². The van der Waals surface area contributed by atoms with E-state index in [1.165, 1.54) is 5.56 Å². The minimum Gasteiger partial charge on any atom is -0.464 e. The molecule has 0 radical (unpaired) electrons. The Labute approximate surface area is 149 Å². The van der Waals surface area contributed by atoms with E-state index in [1.54, 1.807) is 6.26 Å². The fourth-order valence-corrected chi connectivity index (χ4v) is 3.08. The van der Waals surface area contributed by atoms with Crippen molar-refractivity contribution in [2.24, 2.45) is 0 Å². The number of hydrogen-bond acceptors (Lipinski definition) is 2. The van der Waals surface area contributed by atoms with Gasteiger partial charge in [-0.3, -0.25) is 4.79 Å². The lowest BCUT2D eigenvalue weighted by Gasteiger charge is -2.06. The number of hydrogen-bond donors (Lipinski definition) is 1. The van der Waals surface area contributed by atoms with Crippen molar-refractivity contribution in [3.05, 3.63) is 63.4 Å². The first-order valence-corrected chi connectivity index (χ1v) is 8.66. The summed E-state index contributed by atoms with van der Waals surface area (Å²) >= 11 is 2.23.